The molecule has 0 aromatic heterocycles. The van der Waals surface area contributed by atoms with Crippen LogP contribution in [0.15, 0.2) is 24.3 Å². The summed E-state index contributed by atoms with van der Waals surface area (Å²) in [4.78, 5) is 24.2. The number of hydrogen-bond acceptors (Lipinski definition) is 3. The molecule has 0 radical (unpaired) electrons. The smallest absolute Gasteiger partial charge is 0.224 e. The first kappa shape index (κ1) is 12.6. The first-order valence-electron chi connectivity index (χ1n) is 5.94. The number of nitrogens with two attached hydrogens (primary N) is 1. The van der Waals surface area contributed by atoms with Crippen molar-refractivity contribution < 1.29 is 9.59 Å². The molecule has 0 spiro atoms. The number of nitrogens with one attached hydrogen (secondary N) is 1. The molecule has 0 saturated carbocycles. The normalized spacial score (nSPS) is 19.1. The molecule has 0 bridgehead atoms. The number of anilines is 1. The van der Waals surface area contributed by atoms with Crippen LogP contribution in [-0.2, 0) is 16.1 Å². The van der Waals surface area contributed by atoms with Gasteiger partial charge in [-0.1, -0.05) is 12.1 Å². The van der Waals surface area contributed by atoms with Crippen LogP contribution in [0.4, 0.5) is 5.69 Å². The van der Waals surface area contributed by atoms with Gasteiger partial charge < -0.3 is 16.0 Å². The predicted molar refractivity (Wildman–Crippen MR) is 68.8 cm³/mol. The summed E-state index contributed by atoms with van der Waals surface area (Å²) in [5.41, 5.74) is 7.53. The quantitative estimate of drug-likeness (QED) is 0.825. The summed E-state index contributed by atoms with van der Waals surface area (Å²) in [6, 6.07) is 7.43. The molecule has 1 unspecified atom stereocenters. The summed E-state index contributed by atoms with van der Waals surface area (Å²) >= 11 is 0. The second-order valence-corrected chi connectivity index (χ2v) is 4.62. The monoisotopic (exact) mass is 247 g/mol. The molecule has 2 rings (SSSR count). The number of amides is 2. The Morgan fingerprint density at radius 2 is 2.11 bits per heavy atom. The lowest BCUT2D eigenvalue weighted by Gasteiger charge is -2.16. The van der Waals surface area contributed by atoms with Gasteiger partial charge in [0.2, 0.25) is 11.8 Å². The standard InChI is InChI=1S/C13H17N3O2/c1-9(17)15-12-4-2-10(3-5-12)7-16-8-11(14)6-13(16)18/h2-5,11H,6-8,14H2,1H3,(H,15,17). The third-order valence-corrected chi connectivity index (χ3v) is 2.89. The van der Waals surface area contributed by atoms with E-state index in [0.29, 0.717) is 19.5 Å². The molecule has 18 heavy (non-hydrogen) atoms. The molecule has 1 atom stereocenters. The molecular weight excluding hydrogens is 230 g/mol. The molecule has 1 heterocycles. The molecule has 1 fully saturated rings. The summed E-state index contributed by atoms with van der Waals surface area (Å²) < 4.78 is 0. The molecule has 5 nitrogen and oxygen atoms in total. The van der Waals surface area contributed by atoms with Gasteiger partial charge in [-0.25, -0.2) is 0 Å². The largest absolute Gasteiger partial charge is 0.337 e. The van der Waals surface area contributed by atoms with Crippen LogP contribution in [0.2, 0.25) is 0 Å². The van der Waals surface area contributed by atoms with Crippen LogP contribution in [0, 0.1) is 0 Å². The highest BCUT2D eigenvalue weighted by Gasteiger charge is 2.26. The fourth-order valence-corrected chi connectivity index (χ4v) is 2.07. The average Bonchev–Trinajstić information content (AvgIpc) is 2.59. The minimum Gasteiger partial charge on any atom is -0.337 e. The van der Waals surface area contributed by atoms with Crippen LogP contribution in [0.1, 0.15) is 18.9 Å². The van der Waals surface area contributed by atoms with Crippen molar-refractivity contribution >= 4 is 17.5 Å². The minimum atomic E-state index is -0.0940. The third kappa shape index (κ3) is 3.07. The SMILES string of the molecule is CC(=O)Nc1ccc(CN2CC(N)CC2=O)cc1. The van der Waals surface area contributed by atoms with Gasteiger partial charge in [0.05, 0.1) is 0 Å². The lowest BCUT2D eigenvalue weighted by atomic mass is 10.2. The Labute approximate surface area is 106 Å². The fraction of sp³-hybridized carbons (Fsp3) is 0.385. The van der Waals surface area contributed by atoms with Gasteiger partial charge in [0.15, 0.2) is 0 Å². The lowest BCUT2D eigenvalue weighted by molar-refractivity contribution is -0.128. The van der Waals surface area contributed by atoms with Gasteiger partial charge in [0.25, 0.3) is 0 Å². The van der Waals surface area contributed by atoms with Crippen LogP contribution in [0.5, 0.6) is 0 Å². The van der Waals surface area contributed by atoms with Crippen LogP contribution in [-0.4, -0.2) is 29.3 Å². The van der Waals surface area contributed by atoms with Crippen molar-refractivity contribution in [2.75, 3.05) is 11.9 Å². The summed E-state index contributed by atoms with van der Waals surface area (Å²) in [6.07, 6.45) is 0.434. The van der Waals surface area contributed by atoms with E-state index in [-0.39, 0.29) is 17.9 Å². The number of nitrogens with zero attached hydrogens (tertiary/aromatic N) is 1. The Bertz CT molecular complexity index is 456. The van der Waals surface area contributed by atoms with E-state index in [0.717, 1.165) is 11.3 Å². The van der Waals surface area contributed by atoms with Crippen molar-refractivity contribution in [3.63, 3.8) is 0 Å². The van der Waals surface area contributed by atoms with Gasteiger partial charge in [-0.3, -0.25) is 9.59 Å². The number of rotatable bonds is 3. The maximum Gasteiger partial charge on any atom is 0.224 e. The Morgan fingerprint density at radius 3 is 2.61 bits per heavy atom. The summed E-state index contributed by atoms with van der Waals surface area (Å²) in [5.74, 6) is 0.0110. The molecule has 0 aliphatic carbocycles. The Morgan fingerprint density at radius 1 is 1.44 bits per heavy atom. The van der Waals surface area contributed by atoms with Crippen molar-refractivity contribution in [3.8, 4) is 0 Å². The molecule has 5 heteroatoms. The van der Waals surface area contributed by atoms with E-state index in [1.54, 1.807) is 4.90 Å². The Balaban J connectivity index is 1.98. The molecule has 1 aromatic carbocycles. The lowest BCUT2D eigenvalue weighted by Crippen LogP contribution is -2.27. The molecule has 2 amide bonds. The van der Waals surface area contributed by atoms with Crippen LogP contribution < -0.4 is 11.1 Å². The maximum absolute atomic E-state index is 11.6. The van der Waals surface area contributed by atoms with E-state index in [1.165, 1.54) is 6.92 Å². The molecule has 1 aliphatic rings. The van der Waals surface area contributed by atoms with Crippen LogP contribution in [0.3, 0.4) is 0 Å². The number of carbonyl (C=O) groups is 2. The topological polar surface area (TPSA) is 75.4 Å². The van der Waals surface area contributed by atoms with Crippen molar-refractivity contribution in [1.82, 2.24) is 4.90 Å². The van der Waals surface area contributed by atoms with Crippen LogP contribution >= 0.6 is 0 Å². The average molecular weight is 247 g/mol. The van der Waals surface area contributed by atoms with Gasteiger partial charge >= 0.3 is 0 Å². The molecule has 1 aliphatic heterocycles. The highest BCUT2D eigenvalue weighted by atomic mass is 16.2. The summed E-state index contributed by atoms with van der Waals surface area (Å²) in [5, 5.41) is 2.70. The van der Waals surface area contributed by atoms with Gasteiger partial charge in [-0.15, -0.1) is 0 Å². The highest BCUT2D eigenvalue weighted by molar-refractivity contribution is 5.88. The molecule has 1 saturated heterocycles. The van der Waals surface area contributed by atoms with E-state index in [9.17, 15) is 9.59 Å². The number of carbonyl (C=O) groups excluding carboxylic acids is 2. The maximum atomic E-state index is 11.6. The zero-order valence-electron chi connectivity index (χ0n) is 10.3. The second kappa shape index (κ2) is 5.18. The summed E-state index contributed by atoms with van der Waals surface area (Å²) in [6.45, 7) is 2.66. The zero-order chi connectivity index (χ0) is 13.1. The molecule has 3 N–H and O–H groups in total. The second-order valence-electron chi connectivity index (χ2n) is 4.62. The third-order valence-electron chi connectivity index (χ3n) is 2.89. The fourth-order valence-electron chi connectivity index (χ4n) is 2.07. The van der Waals surface area contributed by atoms with Crippen molar-refractivity contribution in [2.24, 2.45) is 5.73 Å². The van der Waals surface area contributed by atoms with E-state index >= 15 is 0 Å². The molecule has 96 valence electrons. The number of benzene rings is 1. The zero-order valence-corrected chi connectivity index (χ0v) is 10.3. The van der Waals surface area contributed by atoms with Crippen LogP contribution in [0.25, 0.3) is 0 Å². The number of hydrogen-bond donors (Lipinski definition) is 2. The number of likely N-dealkylation sites (tertiary alicyclic amines) is 1. The van der Waals surface area contributed by atoms with Crippen molar-refractivity contribution in [2.45, 2.75) is 25.9 Å². The van der Waals surface area contributed by atoms with E-state index in [2.05, 4.69) is 5.32 Å². The highest BCUT2D eigenvalue weighted by Crippen LogP contribution is 2.15. The van der Waals surface area contributed by atoms with E-state index in [4.69, 9.17) is 5.73 Å². The van der Waals surface area contributed by atoms with Gasteiger partial charge in [0, 0.05) is 38.2 Å². The van der Waals surface area contributed by atoms with Gasteiger partial charge in [-0.05, 0) is 17.7 Å². The molecule has 1 aromatic rings. The van der Waals surface area contributed by atoms with Crippen molar-refractivity contribution in [3.05, 3.63) is 29.8 Å². The van der Waals surface area contributed by atoms with Gasteiger partial charge in [0.1, 0.15) is 0 Å². The first-order chi connectivity index (χ1) is 8.54. The summed E-state index contributed by atoms with van der Waals surface area (Å²) in [7, 11) is 0. The van der Waals surface area contributed by atoms with Gasteiger partial charge in [-0.2, -0.15) is 0 Å². The van der Waals surface area contributed by atoms with E-state index in [1.807, 2.05) is 24.3 Å². The van der Waals surface area contributed by atoms with E-state index < -0.39 is 0 Å². The molecular formula is C13H17N3O2. The minimum absolute atomic E-state index is 0.0452. The Hall–Kier alpha value is -1.88. The Kier molecular flexibility index (Phi) is 3.62. The van der Waals surface area contributed by atoms with Crippen molar-refractivity contribution in [1.29, 1.82) is 0 Å². The predicted octanol–water partition coefficient (Wildman–Crippen LogP) is 0.705. The first-order valence-corrected chi connectivity index (χ1v) is 5.94.